The molecule has 0 atom stereocenters. The first-order valence-electron chi connectivity index (χ1n) is 8.95. The number of rotatable bonds is 5. The number of allylic oxidation sites excluding steroid dienone is 1. The second kappa shape index (κ2) is 6.94. The third kappa shape index (κ3) is 3.54. The highest BCUT2D eigenvalue weighted by molar-refractivity contribution is 7.87. The van der Waals surface area contributed by atoms with Gasteiger partial charge in [-0.15, -0.1) is 0 Å². The molecule has 0 spiro atoms. The number of benzene rings is 4. The van der Waals surface area contributed by atoms with Crippen LogP contribution in [0.15, 0.2) is 63.2 Å². The molecule has 0 saturated carbocycles. The Hall–Kier alpha value is -2.61. The Bertz CT molecular complexity index is 1780. The summed E-state index contributed by atoms with van der Waals surface area (Å²) in [5, 5.41) is 0.471. The van der Waals surface area contributed by atoms with E-state index in [9.17, 15) is 38.9 Å². The lowest BCUT2D eigenvalue weighted by atomic mass is 9.89. The van der Waals surface area contributed by atoms with E-state index in [4.69, 9.17) is 0 Å². The van der Waals surface area contributed by atoms with Crippen molar-refractivity contribution in [3.63, 3.8) is 0 Å². The predicted molar refractivity (Wildman–Crippen MR) is 118 cm³/mol. The van der Waals surface area contributed by atoms with Gasteiger partial charge < -0.3 is 0 Å². The Morgan fingerprint density at radius 2 is 1.12 bits per heavy atom. The molecular weight excluding hydrogens is 480 g/mol. The van der Waals surface area contributed by atoms with Crippen molar-refractivity contribution in [2.45, 2.75) is 28.0 Å². The van der Waals surface area contributed by atoms with E-state index < -0.39 is 45.0 Å². The van der Waals surface area contributed by atoms with Gasteiger partial charge in [-0.25, -0.2) is 0 Å². The minimum absolute atomic E-state index is 0.00350. The standard InChI is InChI=1S/C20H16O9S3/c1-10(2)7-11-8-15-18(32(27,28)29)9-17(31(24,25)26)14-4-3-13-16(30(21,22)23)6-5-12(11)19(13)20(14)15/h3-6,8-9H,1,7H2,2H3,(H,21,22,23)(H,24,25,26)(H,27,28,29). The van der Waals surface area contributed by atoms with Crippen molar-refractivity contribution in [2.75, 3.05) is 0 Å². The van der Waals surface area contributed by atoms with Crippen molar-refractivity contribution in [1.29, 1.82) is 0 Å². The van der Waals surface area contributed by atoms with Gasteiger partial charge in [0.1, 0.15) is 14.7 Å². The molecule has 0 bridgehead atoms. The van der Waals surface area contributed by atoms with Gasteiger partial charge >= 0.3 is 0 Å². The Morgan fingerprint density at radius 3 is 1.62 bits per heavy atom. The van der Waals surface area contributed by atoms with E-state index in [1.54, 1.807) is 6.92 Å². The summed E-state index contributed by atoms with van der Waals surface area (Å²) in [5.41, 5.74) is 1.23. The highest BCUT2D eigenvalue weighted by Gasteiger charge is 2.27. The third-order valence-corrected chi connectivity index (χ3v) is 7.89. The molecule has 3 N–H and O–H groups in total. The average Bonchev–Trinajstić information content (AvgIpc) is 2.62. The Kier molecular flexibility index (Phi) is 4.90. The molecule has 0 heterocycles. The Labute approximate surface area is 183 Å². The molecule has 0 fully saturated rings. The lowest BCUT2D eigenvalue weighted by Gasteiger charge is -2.19. The van der Waals surface area contributed by atoms with Gasteiger partial charge in [0.15, 0.2) is 0 Å². The summed E-state index contributed by atoms with van der Waals surface area (Å²) in [6.07, 6.45) is 0.265. The molecule has 0 aliphatic rings. The van der Waals surface area contributed by atoms with Crippen LogP contribution in [0.1, 0.15) is 12.5 Å². The van der Waals surface area contributed by atoms with E-state index in [2.05, 4.69) is 6.58 Å². The van der Waals surface area contributed by atoms with Gasteiger partial charge in [-0.2, -0.15) is 25.3 Å². The van der Waals surface area contributed by atoms with Gasteiger partial charge in [0, 0.05) is 21.5 Å². The largest absolute Gasteiger partial charge is 0.295 e. The number of hydrogen-bond acceptors (Lipinski definition) is 6. The molecule has 4 aromatic carbocycles. The predicted octanol–water partition coefficient (Wildman–Crippen LogP) is 3.44. The first-order valence-corrected chi connectivity index (χ1v) is 13.3. The minimum Gasteiger partial charge on any atom is -0.282 e. The van der Waals surface area contributed by atoms with Crippen LogP contribution >= 0.6 is 0 Å². The molecule has 32 heavy (non-hydrogen) atoms. The molecular formula is C20H16O9S3. The van der Waals surface area contributed by atoms with Crippen LogP contribution in [-0.2, 0) is 36.8 Å². The molecule has 0 aliphatic heterocycles. The highest BCUT2D eigenvalue weighted by atomic mass is 32.2. The van der Waals surface area contributed by atoms with Crippen molar-refractivity contribution in [3.8, 4) is 0 Å². The Balaban J connectivity index is 2.45. The molecule has 168 valence electrons. The van der Waals surface area contributed by atoms with Crippen LogP contribution in [0, 0.1) is 0 Å². The van der Waals surface area contributed by atoms with Gasteiger partial charge in [-0.3, -0.25) is 13.7 Å². The lowest BCUT2D eigenvalue weighted by molar-refractivity contribution is 0.480. The zero-order chi connectivity index (χ0) is 23.8. The van der Waals surface area contributed by atoms with Gasteiger partial charge in [-0.1, -0.05) is 30.4 Å². The topological polar surface area (TPSA) is 163 Å². The molecule has 0 amide bonds. The van der Waals surface area contributed by atoms with Gasteiger partial charge in [-0.05, 0) is 47.9 Å². The first kappa shape index (κ1) is 22.6. The lowest BCUT2D eigenvalue weighted by Crippen LogP contribution is -2.07. The van der Waals surface area contributed by atoms with E-state index >= 15 is 0 Å². The molecule has 4 rings (SSSR count). The fraction of sp³-hybridized carbons (Fsp3) is 0.100. The molecule has 9 nitrogen and oxygen atoms in total. The summed E-state index contributed by atoms with van der Waals surface area (Å²) in [5.74, 6) is 0. The quantitative estimate of drug-likeness (QED) is 0.213. The molecule has 0 unspecified atom stereocenters. The molecule has 0 aromatic heterocycles. The summed E-state index contributed by atoms with van der Waals surface area (Å²) in [6.45, 7) is 5.56. The second-order valence-electron chi connectivity index (χ2n) is 7.54. The smallest absolute Gasteiger partial charge is 0.282 e. The normalized spacial score (nSPS) is 13.4. The van der Waals surface area contributed by atoms with E-state index in [-0.39, 0.29) is 33.4 Å². The van der Waals surface area contributed by atoms with Gasteiger partial charge in [0.2, 0.25) is 0 Å². The fourth-order valence-electron chi connectivity index (χ4n) is 4.09. The zero-order valence-electron chi connectivity index (χ0n) is 16.4. The first-order chi connectivity index (χ1) is 14.6. The van der Waals surface area contributed by atoms with Crippen molar-refractivity contribution >= 4 is 62.7 Å². The summed E-state index contributed by atoms with van der Waals surface area (Å²) in [4.78, 5) is -2.01. The summed E-state index contributed by atoms with van der Waals surface area (Å²) in [6, 6.07) is 7.17. The van der Waals surface area contributed by atoms with Crippen LogP contribution in [0.2, 0.25) is 0 Å². The fourth-order valence-corrected chi connectivity index (χ4v) is 6.27. The van der Waals surface area contributed by atoms with E-state index in [0.29, 0.717) is 22.6 Å². The van der Waals surface area contributed by atoms with Crippen LogP contribution in [0.3, 0.4) is 0 Å². The Morgan fingerprint density at radius 1 is 0.688 bits per heavy atom. The molecule has 0 saturated heterocycles. The van der Waals surface area contributed by atoms with Crippen molar-refractivity contribution < 1.29 is 38.9 Å². The zero-order valence-corrected chi connectivity index (χ0v) is 18.8. The minimum atomic E-state index is -4.96. The van der Waals surface area contributed by atoms with Crippen LogP contribution in [0.4, 0.5) is 0 Å². The van der Waals surface area contributed by atoms with E-state index in [1.165, 1.54) is 30.3 Å². The number of hydrogen-bond donors (Lipinski definition) is 3. The molecule has 12 heteroatoms. The summed E-state index contributed by atoms with van der Waals surface area (Å²) >= 11 is 0. The van der Waals surface area contributed by atoms with Crippen LogP contribution in [0.5, 0.6) is 0 Å². The van der Waals surface area contributed by atoms with Crippen molar-refractivity contribution in [1.82, 2.24) is 0 Å². The third-order valence-electron chi connectivity index (χ3n) is 5.19. The van der Waals surface area contributed by atoms with Gasteiger partial charge in [0.25, 0.3) is 30.4 Å². The average molecular weight is 497 g/mol. The SMILES string of the molecule is C=C(C)Cc1cc2c(S(=O)(=O)O)cc(S(=O)(=O)O)c3ccc4c(S(=O)(=O)O)ccc1c4c32. The molecule has 4 aromatic rings. The highest BCUT2D eigenvalue weighted by Crippen LogP contribution is 2.43. The van der Waals surface area contributed by atoms with Gasteiger partial charge in [0.05, 0.1) is 0 Å². The maximum absolute atomic E-state index is 12.1. The van der Waals surface area contributed by atoms with Crippen molar-refractivity contribution in [2.24, 2.45) is 0 Å². The maximum atomic E-state index is 12.1. The van der Waals surface area contributed by atoms with Crippen LogP contribution in [-0.4, -0.2) is 38.9 Å². The second-order valence-corrected chi connectivity index (χ2v) is 11.7. The molecule has 0 aliphatic carbocycles. The van der Waals surface area contributed by atoms with Crippen LogP contribution < -0.4 is 0 Å². The molecule has 0 radical (unpaired) electrons. The van der Waals surface area contributed by atoms with E-state index in [0.717, 1.165) is 0 Å². The van der Waals surface area contributed by atoms with Crippen LogP contribution in [0.25, 0.3) is 32.3 Å². The summed E-state index contributed by atoms with van der Waals surface area (Å²) in [7, 11) is -14.6. The summed E-state index contributed by atoms with van der Waals surface area (Å²) < 4.78 is 101. The van der Waals surface area contributed by atoms with Crippen molar-refractivity contribution in [3.05, 3.63) is 54.1 Å². The van der Waals surface area contributed by atoms with E-state index in [1.807, 2.05) is 0 Å². The maximum Gasteiger partial charge on any atom is 0.295 e. The monoisotopic (exact) mass is 496 g/mol.